The van der Waals surface area contributed by atoms with Crippen molar-refractivity contribution in [2.45, 2.75) is 30.6 Å². The number of rotatable bonds is 2. The van der Waals surface area contributed by atoms with Crippen LogP contribution in [0.3, 0.4) is 0 Å². The van der Waals surface area contributed by atoms with E-state index in [1.165, 1.54) is 16.7 Å². The average Bonchev–Trinajstić information content (AvgIpc) is 2.97. The number of benzene rings is 2. The molecule has 0 heterocycles. The van der Waals surface area contributed by atoms with Crippen molar-refractivity contribution in [2.75, 3.05) is 7.11 Å². The van der Waals surface area contributed by atoms with Gasteiger partial charge in [-0.1, -0.05) is 42.5 Å². The average molecular weight is 304 g/mol. The maximum atomic E-state index is 12.1. The Morgan fingerprint density at radius 2 is 1.87 bits per heavy atom. The first-order valence-corrected chi connectivity index (χ1v) is 8.17. The maximum absolute atomic E-state index is 12.1. The number of carbonyl (C=O) groups excluding carboxylic acids is 1. The molecule has 0 radical (unpaired) electrons. The number of fused-ring (bicyclic) bond motifs is 2. The van der Waals surface area contributed by atoms with Gasteiger partial charge in [0.2, 0.25) is 0 Å². The van der Waals surface area contributed by atoms with Crippen molar-refractivity contribution < 1.29 is 9.53 Å². The largest absolute Gasteiger partial charge is 0.497 e. The van der Waals surface area contributed by atoms with Crippen molar-refractivity contribution in [3.8, 4) is 5.75 Å². The first kappa shape index (κ1) is 14.3. The van der Waals surface area contributed by atoms with Crippen LogP contribution in [-0.2, 0) is 16.6 Å². The van der Waals surface area contributed by atoms with E-state index in [-0.39, 0.29) is 17.1 Å². The van der Waals surface area contributed by atoms with Crippen molar-refractivity contribution in [3.63, 3.8) is 0 Å². The maximum Gasteiger partial charge on any atom is 0.156 e. The van der Waals surface area contributed by atoms with Gasteiger partial charge in [-0.05, 0) is 47.7 Å². The van der Waals surface area contributed by atoms with Gasteiger partial charge < -0.3 is 4.74 Å². The summed E-state index contributed by atoms with van der Waals surface area (Å²) in [6, 6.07) is 16.9. The third-order valence-electron chi connectivity index (χ3n) is 5.44. The van der Waals surface area contributed by atoms with Crippen LogP contribution in [-0.4, -0.2) is 12.9 Å². The van der Waals surface area contributed by atoms with E-state index in [0.717, 1.165) is 18.6 Å². The number of allylic oxidation sites excluding steroid dienone is 2. The molecule has 4 rings (SSSR count). The molecule has 0 saturated heterocycles. The van der Waals surface area contributed by atoms with Crippen LogP contribution in [0.1, 0.15) is 35.4 Å². The Morgan fingerprint density at radius 1 is 1.09 bits per heavy atom. The first-order chi connectivity index (χ1) is 11.2. The molecule has 0 N–H and O–H groups in total. The molecule has 2 nitrogen and oxygen atoms in total. The van der Waals surface area contributed by atoms with Crippen LogP contribution in [0.25, 0.3) is 0 Å². The quantitative estimate of drug-likeness (QED) is 0.831. The number of carbonyl (C=O) groups is 1. The predicted molar refractivity (Wildman–Crippen MR) is 90.9 cm³/mol. The van der Waals surface area contributed by atoms with Crippen molar-refractivity contribution in [3.05, 3.63) is 77.4 Å². The molecule has 2 aliphatic carbocycles. The van der Waals surface area contributed by atoms with Gasteiger partial charge in [0.05, 0.1) is 7.11 Å². The highest BCUT2D eigenvalue weighted by Crippen LogP contribution is 2.52. The number of methoxy groups -OCH3 is 1. The number of ketones is 1. The third kappa shape index (κ3) is 2.21. The summed E-state index contributed by atoms with van der Waals surface area (Å²) in [5.41, 5.74) is 3.99. The summed E-state index contributed by atoms with van der Waals surface area (Å²) in [7, 11) is 1.68. The molecule has 0 aliphatic heterocycles. The van der Waals surface area contributed by atoms with Crippen LogP contribution < -0.4 is 4.74 Å². The fourth-order valence-electron chi connectivity index (χ4n) is 4.26. The Hall–Kier alpha value is -2.35. The van der Waals surface area contributed by atoms with Crippen molar-refractivity contribution in [2.24, 2.45) is 0 Å². The summed E-state index contributed by atoms with van der Waals surface area (Å²) in [5, 5.41) is 0. The molecule has 0 fully saturated rings. The zero-order valence-corrected chi connectivity index (χ0v) is 13.3. The Morgan fingerprint density at radius 3 is 2.65 bits per heavy atom. The van der Waals surface area contributed by atoms with Crippen LogP contribution in [0.4, 0.5) is 0 Å². The Labute approximate surface area is 136 Å². The predicted octanol–water partition coefficient (Wildman–Crippen LogP) is 4.19. The molecule has 23 heavy (non-hydrogen) atoms. The van der Waals surface area contributed by atoms with Gasteiger partial charge in [-0.15, -0.1) is 0 Å². The van der Waals surface area contributed by atoms with E-state index < -0.39 is 0 Å². The van der Waals surface area contributed by atoms with Crippen LogP contribution in [0, 0.1) is 0 Å². The van der Waals surface area contributed by atoms with E-state index in [1.807, 2.05) is 12.1 Å². The van der Waals surface area contributed by atoms with Crippen LogP contribution in [0.5, 0.6) is 5.75 Å². The molecule has 0 amide bonds. The normalized spacial score (nSPS) is 25.6. The van der Waals surface area contributed by atoms with Crippen LogP contribution in [0.2, 0.25) is 0 Å². The van der Waals surface area contributed by atoms with Gasteiger partial charge in [-0.3, -0.25) is 4.79 Å². The standard InChI is InChI=1S/C21H20O2/c1-23-18-8-6-16(7-9-18)20-14-17(22)11-13-21(20)12-10-15-4-2-3-5-19(15)21/h2-9,11,13,20H,10,12,14H2,1H3/t20-,21-/m1/s1. The van der Waals surface area contributed by atoms with Gasteiger partial charge in [-0.25, -0.2) is 0 Å². The lowest BCUT2D eigenvalue weighted by Gasteiger charge is -2.38. The molecule has 2 heteroatoms. The number of hydrogen-bond acceptors (Lipinski definition) is 2. The number of aryl methyl sites for hydroxylation is 1. The zero-order valence-electron chi connectivity index (χ0n) is 13.3. The monoisotopic (exact) mass is 304 g/mol. The molecule has 2 aliphatic rings. The topological polar surface area (TPSA) is 26.3 Å². The van der Waals surface area contributed by atoms with Gasteiger partial charge in [0.1, 0.15) is 5.75 Å². The van der Waals surface area contributed by atoms with Crippen molar-refractivity contribution in [1.82, 2.24) is 0 Å². The highest BCUT2D eigenvalue weighted by molar-refractivity contribution is 5.92. The Bertz CT molecular complexity index is 773. The summed E-state index contributed by atoms with van der Waals surface area (Å²) in [5.74, 6) is 1.28. The SMILES string of the molecule is COc1ccc([C@H]2CC(=O)C=C[C@@]23CCc2ccccc23)cc1. The van der Waals surface area contributed by atoms with E-state index in [1.54, 1.807) is 13.2 Å². The minimum Gasteiger partial charge on any atom is -0.497 e. The van der Waals surface area contributed by atoms with E-state index in [0.29, 0.717) is 6.42 Å². The molecule has 0 saturated carbocycles. The fraction of sp³-hybridized carbons (Fsp3) is 0.286. The second-order valence-electron chi connectivity index (χ2n) is 6.53. The van der Waals surface area contributed by atoms with Gasteiger partial charge in [-0.2, -0.15) is 0 Å². The summed E-state index contributed by atoms with van der Waals surface area (Å²) < 4.78 is 5.27. The van der Waals surface area contributed by atoms with Gasteiger partial charge in [0.15, 0.2) is 5.78 Å². The van der Waals surface area contributed by atoms with Gasteiger partial charge >= 0.3 is 0 Å². The smallest absolute Gasteiger partial charge is 0.156 e. The second-order valence-corrected chi connectivity index (χ2v) is 6.53. The van der Waals surface area contributed by atoms with Gasteiger partial charge in [0, 0.05) is 17.8 Å². The van der Waals surface area contributed by atoms with Crippen molar-refractivity contribution in [1.29, 1.82) is 0 Å². The molecule has 2 aromatic rings. The molecular formula is C21H20O2. The van der Waals surface area contributed by atoms with Gasteiger partial charge in [0.25, 0.3) is 0 Å². The fourth-order valence-corrected chi connectivity index (χ4v) is 4.26. The molecule has 1 spiro atoms. The summed E-state index contributed by atoms with van der Waals surface area (Å²) in [6.45, 7) is 0. The summed E-state index contributed by atoms with van der Waals surface area (Å²) in [4.78, 5) is 12.1. The van der Waals surface area contributed by atoms with E-state index in [9.17, 15) is 4.79 Å². The number of hydrogen-bond donors (Lipinski definition) is 0. The lowest BCUT2D eigenvalue weighted by atomic mass is 9.64. The highest BCUT2D eigenvalue weighted by Gasteiger charge is 2.46. The molecule has 0 bridgehead atoms. The summed E-state index contributed by atoms with van der Waals surface area (Å²) in [6.07, 6.45) is 6.70. The molecule has 0 unspecified atom stereocenters. The third-order valence-corrected chi connectivity index (χ3v) is 5.44. The van der Waals surface area contributed by atoms with E-state index in [2.05, 4.69) is 42.5 Å². The molecular weight excluding hydrogens is 284 g/mol. The Balaban J connectivity index is 1.83. The molecule has 2 aromatic carbocycles. The van der Waals surface area contributed by atoms with Crippen LogP contribution in [0.15, 0.2) is 60.7 Å². The summed E-state index contributed by atoms with van der Waals surface area (Å²) >= 11 is 0. The van der Waals surface area contributed by atoms with Crippen molar-refractivity contribution >= 4 is 5.78 Å². The molecule has 0 aromatic heterocycles. The first-order valence-electron chi connectivity index (χ1n) is 8.17. The highest BCUT2D eigenvalue weighted by atomic mass is 16.5. The van der Waals surface area contributed by atoms with E-state index >= 15 is 0 Å². The zero-order chi connectivity index (χ0) is 15.9. The van der Waals surface area contributed by atoms with Crippen LogP contribution >= 0.6 is 0 Å². The minimum absolute atomic E-state index is 0.0426. The lowest BCUT2D eigenvalue weighted by Crippen LogP contribution is -2.34. The number of ether oxygens (including phenoxy) is 1. The minimum atomic E-state index is -0.0426. The van der Waals surface area contributed by atoms with E-state index in [4.69, 9.17) is 4.74 Å². The Kier molecular flexibility index (Phi) is 3.33. The second kappa shape index (κ2) is 5.38. The lowest BCUT2D eigenvalue weighted by molar-refractivity contribution is -0.115. The molecule has 116 valence electrons. The molecule has 2 atom stereocenters.